The van der Waals surface area contributed by atoms with Gasteiger partial charge in [0.05, 0.1) is 0 Å². The SMILES string of the molecule is [Ag].[Ag].[Cu].[Cu].[Ti]. The van der Waals surface area contributed by atoms with Crippen molar-refractivity contribution in [2.45, 2.75) is 0 Å². The van der Waals surface area contributed by atoms with Crippen molar-refractivity contribution in [2.75, 3.05) is 0 Å². The summed E-state index contributed by atoms with van der Waals surface area (Å²) < 4.78 is 0. The largest absolute Gasteiger partial charge is 0 e. The Hall–Kier alpha value is 3.23. The Morgan fingerprint density at radius 2 is 0.600 bits per heavy atom. The van der Waals surface area contributed by atoms with Crippen LogP contribution < -0.4 is 0 Å². The average molecular weight is 391 g/mol. The first-order valence-electron chi connectivity index (χ1n) is 0. The third kappa shape index (κ3) is 18.9. The van der Waals surface area contributed by atoms with Crippen molar-refractivity contribution in [3.05, 3.63) is 0 Å². The molecule has 0 aromatic rings. The van der Waals surface area contributed by atoms with Crippen LogP contribution in [0.15, 0.2) is 0 Å². The Morgan fingerprint density at radius 1 is 0.600 bits per heavy atom. The van der Waals surface area contributed by atoms with E-state index in [2.05, 4.69) is 0 Å². The Labute approximate surface area is 98.8 Å². The van der Waals surface area contributed by atoms with E-state index in [1.807, 2.05) is 0 Å². The maximum atomic E-state index is 0. The second kappa shape index (κ2) is 26.9. The average Bonchev–Trinajstić information content (AvgIpc) is 0. The molecule has 5 heavy (non-hydrogen) atoms. The third-order valence-electron chi connectivity index (χ3n) is 0. The first kappa shape index (κ1) is 41.2. The van der Waals surface area contributed by atoms with Crippen molar-refractivity contribution < 1.29 is 101 Å². The first-order chi connectivity index (χ1) is 0. The van der Waals surface area contributed by atoms with Crippen LogP contribution in [0, 0.1) is 0 Å². The Balaban J connectivity index is 0. The zero-order chi connectivity index (χ0) is 0. The minimum atomic E-state index is 0. The third-order valence-corrected chi connectivity index (χ3v) is 0. The summed E-state index contributed by atoms with van der Waals surface area (Å²) in [7, 11) is 0. The van der Waals surface area contributed by atoms with Crippen LogP contribution >= 0.6 is 0 Å². The van der Waals surface area contributed by atoms with Crippen LogP contribution in [-0.2, 0) is 101 Å². The summed E-state index contributed by atoms with van der Waals surface area (Å²) in [6.07, 6.45) is 0. The van der Waals surface area contributed by atoms with Gasteiger partial charge in [0.2, 0.25) is 0 Å². The smallest absolute Gasteiger partial charge is 0 e. The molecule has 0 aliphatic rings. The van der Waals surface area contributed by atoms with Crippen LogP contribution in [0.1, 0.15) is 0 Å². The monoisotopic (exact) mass is 388 g/mol. The molecule has 0 unspecified atom stereocenters. The Kier molecular flexibility index (Phi) is 222. The van der Waals surface area contributed by atoms with Crippen molar-refractivity contribution in [3.8, 4) is 0 Å². The van der Waals surface area contributed by atoms with Crippen LogP contribution in [0.25, 0.3) is 0 Å². The van der Waals surface area contributed by atoms with E-state index < -0.39 is 0 Å². The van der Waals surface area contributed by atoms with E-state index >= 15 is 0 Å². The van der Waals surface area contributed by atoms with E-state index in [0.717, 1.165) is 0 Å². The molecule has 4 radical (unpaired) electrons. The zero-order valence-corrected chi connectivity index (χ0v) is 8.12. The van der Waals surface area contributed by atoms with E-state index in [1.54, 1.807) is 0 Å². The second-order valence-electron chi connectivity index (χ2n) is 0. The van der Waals surface area contributed by atoms with Crippen molar-refractivity contribution in [2.24, 2.45) is 0 Å². The number of rotatable bonds is 0. The maximum absolute atomic E-state index is 0. The molecular formula is Ag2Cu2Ti. The molecule has 0 amide bonds. The fraction of sp³-hybridized carbons (Fsp3) is 0. The molecule has 0 saturated carbocycles. The molecule has 5 heteroatoms. The van der Waals surface area contributed by atoms with Gasteiger partial charge < -0.3 is 0 Å². The maximum Gasteiger partial charge on any atom is 0 e. The zero-order valence-electron chi connectivity index (χ0n) is 1.71. The van der Waals surface area contributed by atoms with Crippen molar-refractivity contribution in [1.82, 2.24) is 0 Å². The minimum absolute atomic E-state index is 0. The molecule has 0 aromatic carbocycles. The summed E-state index contributed by atoms with van der Waals surface area (Å²) in [6.45, 7) is 0. The molecule has 48 valence electrons. The fourth-order valence-electron chi connectivity index (χ4n) is 0. The molecule has 0 aromatic heterocycles. The quantitative estimate of drug-likeness (QED) is 0.510. The molecule has 0 N–H and O–H groups in total. The van der Waals surface area contributed by atoms with Crippen LogP contribution in [0.2, 0.25) is 0 Å². The van der Waals surface area contributed by atoms with E-state index in [9.17, 15) is 0 Å². The van der Waals surface area contributed by atoms with E-state index in [4.69, 9.17) is 0 Å². The summed E-state index contributed by atoms with van der Waals surface area (Å²) >= 11 is 0. The molecule has 0 fully saturated rings. The first-order valence-corrected chi connectivity index (χ1v) is 0. The molecule has 0 saturated heterocycles. The predicted molar refractivity (Wildman–Crippen MR) is 0 cm³/mol. The summed E-state index contributed by atoms with van der Waals surface area (Å²) in [5.41, 5.74) is 0. The second-order valence-corrected chi connectivity index (χ2v) is 0. The van der Waals surface area contributed by atoms with Crippen molar-refractivity contribution >= 4 is 0 Å². The van der Waals surface area contributed by atoms with Crippen LogP contribution in [0.5, 0.6) is 0 Å². The van der Waals surface area contributed by atoms with Gasteiger partial charge in [-0.25, -0.2) is 0 Å². The standard InChI is InChI=1S/2Ag.2Cu.Ti. The van der Waals surface area contributed by atoms with Crippen LogP contribution in [0.3, 0.4) is 0 Å². The molecular weight excluding hydrogens is 391 g/mol. The molecule has 0 aliphatic carbocycles. The van der Waals surface area contributed by atoms with Crippen LogP contribution in [-0.4, -0.2) is 0 Å². The Morgan fingerprint density at radius 3 is 0.600 bits per heavy atom. The van der Waals surface area contributed by atoms with Gasteiger partial charge in [-0.3, -0.25) is 0 Å². The Bertz CT molecular complexity index is 7.61. The van der Waals surface area contributed by atoms with Gasteiger partial charge in [0.25, 0.3) is 0 Å². The molecule has 0 bridgehead atoms. The van der Waals surface area contributed by atoms with Gasteiger partial charge >= 0.3 is 0 Å². The van der Waals surface area contributed by atoms with Gasteiger partial charge in [-0.15, -0.1) is 0 Å². The van der Waals surface area contributed by atoms with Gasteiger partial charge in [-0.1, -0.05) is 0 Å². The fourth-order valence-corrected chi connectivity index (χ4v) is 0. The van der Waals surface area contributed by atoms with Gasteiger partial charge in [0, 0.05) is 101 Å². The topological polar surface area (TPSA) is 0 Å². The molecule has 0 spiro atoms. The van der Waals surface area contributed by atoms with Crippen molar-refractivity contribution in [3.63, 3.8) is 0 Å². The normalized spacial score (nSPS) is 0. The van der Waals surface area contributed by atoms with Gasteiger partial charge in [-0.2, -0.15) is 0 Å². The predicted octanol–water partition coefficient (Wildman–Crippen LogP) is -0.0125. The van der Waals surface area contributed by atoms with Gasteiger partial charge in [-0.05, 0) is 0 Å². The summed E-state index contributed by atoms with van der Waals surface area (Å²) in [5.74, 6) is 0. The van der Waals surface area contributed by atoms with Crippen molar-refractivity contribution in [1.29, 1.82) is 0 Å². The minimum Gasteiger partial charge on any atom is 0 e. The van der Waals surface area contributed by atoms with E-state index in [0.29, 0.717) is 0 Å². The summed E-state index contributed by atoms with van der Waals surface area (Å²) in [4.78, 5) is 0. The van der Waals surface area contributed by atoms with Gasteiger partial charge in [0.15, 0.2) is 0 Å². The number of hydrogen-bond acceptors (Lipinski definition) is 0. The summed E-state index contributed by atoms with van der Waals surface area (Å²) in [6, 6.07) is 0. The molecule has 0 atom stereocenters. The van der Waals surface area contributed by atoms with E-state index in [1.165, 1.54) is 0 Å². The molecule has 0 nitrogen and oxygen atoms in total. The molecule has 0 heterocycles. The number of hydrogen-bond donors (Lipinski definition) is 0. The van der Waals surface area contributed by atoms with E-state index in [-0.39, 0.29) is 101 Å². The molecule has 0 aliphatic heterocycles. The van der Waals surface area contributed by atoms with Gasteiger partial charge in [0.1, 0.15) is 0 Å². The summed E-state index contributed by atoms with van der Waals surface area (Å²) in [5, 5.41) is 0. The van der Waals surface area contributed by atoms with Crippen LogP contribution in [0.4, 0.5) is 0 Å². The molecule has 0 rings (SSSR count).